The molecule has 2 N–H and O–H groups in total. The van der Waals surface area contributed by atoms with E-state index in [1.54, 1.807) is 10.8 Å². The average molecular weight is 477 g/mol. The van der Waals surface area contributed by atoms with Gasteiger partial charge >= 0.3 is 18.1 Å². The average Bonchev–Trinajstić information content (AvgIpc) is 2.76. The van der Waals surface area contributed by atoms with Crippen LogP contribution < -0.4 is 0 Å². The fourth-order valence-corrected chi connectivity index (χ4v) is 4.04. The van der Waals surface area contributed by atoms with Crippen LogP contribution in [0.1, 0.15) is 24.5 Å². The van der Waals surface area contributed by atoms with Crippen LogP contribution in [0.5, 0.6) is 0 Å². The summed E-state index contributed by atoms with van der Waals surface area (Å²) in [5.74, 6) is -0.233. The summed E-state index contributed by atoms with van der Waals surface area (Å²) in [6.07, 6.45) is -0.825. The third-order valence-corrected chi connectivity index (χ3v) is 6.30. The molecule has 1 rings (SSSR count). The van der Waals surface area contributed by atoms with Crippen molar-refractivity contribution in [2.24, 2.45) is 5.41 Å². The van der Waals surface area contributed by atoms with Crippen LogP contribution in [0.3, 0.4) is 0 Å². The number of esters is 1. The number of carbonyl (C=O) groups is 3. The zero-order valence-electron chi connectivity index (χ0n) is 17.5. The second-order valence-corrected chi connectivity index (χ2v) is 9.30. The molecule has 0 aliphatic carbocycles. The van der Waals surface area contributed by atoms with Crippen LogP contribution in [0.15, 0.2) is 24.3 Å². The molecule has 0 fully saturated rings. The van der Waals surface area contributed by atoms with Crippen LogP contribution >= 0.6 is 21.6 Å². The van der Waals surface area contributed by atoms with Crippen molar-refractivity contribution in [1.82, 2.24) is 0 Å². The smallest absolute Gasteiger partial charge is 0.481 e. The van der Waals surface area contributed by atoms with E-state index in [2.05, 4.69) is 0 Å². The molecule has 0 saturated carbocycles. The Bertz CT molecular complexity index is 696. The maximum atomic E-state index is 12.4. The zero-order chi connectivity index (χ0) is 23.1. The Morgan fingerprint density at radius 3 is 2.29 bits per heavy atom. The summed E-state index contributed by atoms with van der Waals surface area (Å²) in [5, 5.41) is 18.2. The Morgan fingerprint density at radius 1 is 1.00 bits per heavy atom. The predicted molar refractivity (Wildman–Crippen MR) is 117 cm³/mol. The first-order chi connectivity index (χ1) is 14.8. The van der Waals surface area contributed by atoms with E-state index >= 15 is 0 Å². The summed E-state index contributed by atoms with van der Waals surface area (Å²) in [5.41, 5.74) is 0.411. The van der Waals surface area contributed by atoms with Gasteiger partial charge in [-0.3, -0.25) is 9.59 Å². The number of benzene rings is 1. The number of aliphatic hydroxyl groups excluding tert-OH is 1. The van der Waals surface area contributed by atoms with Crippen molar-refractivity contribution in [3.8, 4) is 0 Å². The van der Waals surface area contributed by atoms with E-state index in [-0.39, 0.29) is 32.8 Å². The third-order valence-electron chi connectivity index (χ3n) is 3.96. The third kappa shape index (κ3) is 11.3. The van der Waals surface area contributed by atoms with Gasteiger partial charge in [0.05, 0.1) is 19.6 Å². The van der Waals surface area contributed by atoms with Crippen molar-refractivity contribution < 1.29 is 43.5 Å². The van der Waals surface area contributed by atoms with Gasteiger partial charge in [-0.1, -0.05) is 45.9 Å². The van der Waals surface area contributed by atoms with Gasteiger partial charge in [0.25, 0.3) is 0 Å². The molecule has 31 heavy (non-hydrogen) atoms. The number of hydrogen-bond acceptors (Lipinski definition) is 10. The Labute approximate surface area is 189 Å². The molecule has 0 saturated heterocycles. The molecule has 0 unspecified atom stereocenters. The number of carboxylic acids is 1. The molecule has 0 bridgehead atoms. The van der Waals surface area contributed by atoms with Gasteiger partial charge in [0.2, 0.25) is 0 Å². The monoisotopic (exact) mass is 476 g/mol. The Balaban J connectivity index is 2.41. The Kier molecular flexibility index (Phi) is 13.1. The molecular formula is C20H28O9S2. The molecule has 174 valence electrons. The lowest BCUT2D eigenvalue weighted by atomic mass is 9.93. The second-order valence-electron chi connectivity index (χ2n) is 6.72. The highest BCUT2D eigenvalue weighted by Gasteiger charge is 2.36. The molecule has 1 atom stereocenters. The SMILES string of the molecule is COCCOC(=O)OC[C@](C)(CO)C(=O)OCc1ccc(CSSCCC(=O)O)cc1. The molecule has 0 aliphatic heterocycles. The van der Waals surface area contributed by atoms with Crippen LogP contribution in [0.4, 0.5) is 4.79 Å². The number of ether oxygens (including phenoxy) is 4. The predicted octanol–water partition coefficient (Wildman–Crippen LogP) is 2.88. The highest BCUT2D eigenvalue weighted by Crippen LogP contribution is 2.26. The first-order valence-corrected chi connectivity index (χ1v) is 11.9. The topological polar surface area (TPSA) is 129 Å². The van der Waals surface area contributed by atoms with Crippen LogP contribution in [0.25, 0.3) is 0 Å². The van der Waals surface area contributed by atoms with Crippen molar-refractivity contribution in [3.05, 3.63) is 35.4 Å². The lowest BCUT2D eigenvalue weighted by Crippen LogP contribution is -2.39. The fourth-order valence-electron chi connectivity index (χ4n) is 1.99. The van der Waals surface area contributed by atoms with Crippen LogP contribution in [-0.2, 0) is 40.9 Å². The van der Waals surface area contributed by atoms with Gasteiger partial charge in [-0.2, -0.15) is 0 Å². The number of hydrogen-bond donors (Lipinski definition) is 2. The van der Waals surface area contributed by atoms with Gasteiger partial charge in [-0.15, -0.1) is 0 Å². The number of aliphatic carboxylic acids is 1. The number of rotatable bonds is 15. The van der Waals surface area contributed by atoms with Crippen molar-refractivity contribution >= 4 is 39.7 Å². The molecule has 11 heteroatoms. The van der Waals surface area contributed by atoms with Gasteiger partial charge in [0.15, 0.2) is 0 Å². The van der Waals surface area contributed by atoms with Gasteiger partial charge in [0, 0.05) is 18.6 Å². The quantitative estimate of drug-likeness (QED) is 0.220. The van der Waals surface area contributed by atoms with E-state index in [9.17, 15) is 19.5 Å². The van der Waals surface area contributed by atoms with Crippen LogP contribution in [0, 0.1) is 5.41 Å². The summed E-state index contributed by atoms with van der Waals surface area (Å²) in [4.78, 5) is 34.3. The van der Waals surface area contributed by atoms with Crippen molar-refractivity contribution in [2.75, 3.05) is 39.3 Å². The van der Waals surface area contributed by atoms with Gasteiger partial charge < -0.3 is 29.2 Å². The number of carboxylic acid groups (broad SMARTS) is 1. The molecule has 0 heterocycles. The minimum absolute atomic E-state index is 0.00743. The van der Waals surface area contributed by atoms with Crippen molar-refractivity contribution in [2.45, 2.75) is 25.7 Å². The molecule has 9 nitrogen and oxygen atoms in total. The first kappa shape index (κ1) is 27.1. The highest BCUT2D eigenvalue weighted by molar-refractivity contribution is 8.76. The number of aliphatic hydroxyl groups is 1. The minimum Gasteiger partial charge on any atom is -0.481 e. The molecule has 1 aromatic carbocycles. The van der Waals surface area contributed by atoms with Gasteiger partial charge in [0.1, 0.15) is 25.2 Å². The minimum atomic E-state index is -1.41. The molecule has 0 amide bonds. The molecule has 0 radical (unpaired) electrons. The maximum Gasteiger partial charge on any atom is 0.508 e. The molecule has 0 aliphatic rings. The van der Waals surface area contributed by atoms with Crippen LogP contribution in [0.2, 0.25) is 0 Å². The largest absolute Gasteiger partial charge is 0.508 e. The normalized spacial score (nSPS) is 12.6. The van der Waals surface area contributed by atoms with Crippen LogP contribution in [-0.4, -0.2) is 67.6 Å². The first-order valence-electron chi connectivity index (χ1n) is 9.41. The second kappa shape index (κ2) is 15.0. The van der Waals surface area contributed by atoms with E-state index in [0.29, 0.717) is 5.75 Å². The Morgan fingerprint density at radius 2 is 1.68 bits per heavy atom. The summed E-state index contributed by atoms with van der Waals surface area (Å²) in [7, 11) is 4.54. The number of carbonyl (C=O) groups excluding carboxylic acids is 2. The van der Waals surface area contributed by atoms with Crippen molar-refractivity contribution in [1.29, 1.82) is 0 Å². The highest BCUT2D eigenvalue weighted by atomic mass is 33.1. The van der Waals surface area contributed by atoms with E-state index in [4.69, 9.17) is 24.1 Å². The lowest BCUT2D eigenvalue weighted by molar-refractivity contribution is -0.162. The summed E-state index contributed by atoms with van der Waals surface area (Å²) >= 11 is 0. The fraction of sp³-hybridized carbons (Fsp3) is 0.550. The molecule has 1 aromatic rings. The molecule has 0 spiro atoms. The van der Waals surface area contributed by atoms with E-state index in [1.807, 2.05) is 24.3 Å². The molecular weight excluding hydrogens is 448 g/mol. The standard InChI is InChI=1S/C20H28O9S2/c1-20(13-21,14-29-19(25)27-9-8-26-2)18(24)28-11-15-3-5-16(6-4-15)12-31-30-10-7-17(22)23/h3-6,21H,7-14H2,1-2H3,(H,22,23)/t20-/m0/s1. The summed E-state index contributed by atoms with van der Waals surface area (Å²) in [6, 6.07) is 7.45. The molecule has 0 aromatic heterocycles. The zero-order valence-corrected chi connectivity index (χ0v) is 19.2. The Hall–Kier alpha value is -1.95. The van der Waals surface area contributed by atoms with E-state index in [1.165, 1.54) is 24.8 Å². The van der Waals surface area contributed by atoms with Crippen molar-refractivity contribution in [3.63, 3.8) is 0 Å². The van der Waals surface area contributed by atoms with E-state index in [0.717, 1.165) is 16.9 Å². The van der Waals surface area contributed by atoms with Gasteiger partial charge in [-0.25, -0.2) is 4.79 Å². The maximum absolute atomic E-state index is 12.4. The lowest BCUT2D eigenvalue weighted by Gasteiger charge is -2.24. The number of methoxy groups -OCH3 is 1. The van der Waals surface area contributed by atoms with Gasteiger partial charge in [-0.05, 0) is 18.1 Å². The summed E-state index contributed by atoms with van der Waals surface area (Å²) < 4.78 is 19.7. The van der Waals surface area contributed by atoms with E-state index < -0.39 is 30.1 Å². The summed E-state index contributed by atoms with van der Waals surface area (Å²) in [6.45, 7) is 0.727.